The van der Waals surface area contributed by atoms with E-state index in [1.807, 2.05) is 0 Å². The lowest BCUT2D eigenvalue weighted by Crippen LogP contribution is -2.40. The third kappa shape index (κ3) is 8.15. The standard InChI is InChI=1S/C35H35ClN4O11S3/c1-49-28-10-8-27(9-11-28)40(35(42)26-5-3-7-30(23-26)53(45,46)39-16-20-51-21-17-39)54(47,48)31-12-13-32(36)33(24-31)37-34(41)25-4-2-6-29(22-25)52(43,44)38-14-18-50-19-15-38/h2-13,22-24H,14-21H2,1H3,(H,37,41). The maximum atomic E-state index is 14.5. The summed E-state index contributed by atoms with van der Waals surface area (Å²) in [5.41, 5.74) is -0.528. The van der Waals surface area contributed by atoms with E-state index in [1.54, 1.807) is 0 Å². The van der Waals surface area contributed by atoms with Crippen LogP contribution in [0.2, 0.25) is 5.02 Å². The van der Waals surface area contributed by atoms with Gasteiger partial charge in [0, 0.05) is 37.3 Å². The van der Waals surface area contributed by atoms with Gasteiger partial charge in [0.15, 0.2) is 0 Å². The summed E-state index contributed by atoms with van der Waals surface area (Å²) in [6.45, 7) is 1.42. The minimum absolute atomic E-state index is 0.0457. The second kappa shape index (κ2) is 16.1. The SMILES string of the molecule is COc1ccc(N(C(=O)c2cccc(S(=O)(=O)N3CCOCC3)c2)S(=O)(=O)c2ccc(Cl)c(NC(=O)c3cccc(S(=O)(=O)N4CCOCC4)c3)c2)cc1. The molecule has 15 nitrogen and oxygen atoms in total. The van der Waals surface area contributed by atoms with Crippen LogP contribution in [0.3, 0.4) is 0 Å². The Balaban J connectivity index is 1.33. The van der Waals surface area contributed by atoms with Gasteiger partial charge in [-0.1, -0.05) is 23.7 Å². The van der Waals surface area contributed by atoms with E-state index in [0.717, 1.165) is 18.2 Å². The first kappa shape index (κ1) is 39.3. The van der Waals surface area contributed by atoms with Crippen molar-refractivity contribution in [3.05, 3.63) is 107 Å². The summed E-state index contributed by atoms with van der Waals surface area (Å²) >= 11 is 6.41. The maximum Gasteiger partial charge on any atom is 0.272 e. The van der Waals surface area contributed by atoms with Crippen LogP contribution >= 0.6 is 11.6 Å². The number of carbonyl (C=O) groups is 2. The number of methoxy groups -OCH3 is 1. The molecule has 2 aliphatic rings. The number of anilines is 2. The predicted molar refractivity (Wildman–Crippen MR) is 198 cm³/mol. The van der Waals surface area contributed by atoms with Crippen LogP contribution in [0.25, 0.3) is 0 Å². The van der Waals surface area contributed by atoms with Crippen LogP contribution in [-0.4, -0.2) is 105 Å². The summed E-state index contributed by atoms with van der Waals surface area (Å²) < 4.78 is 101. The number of nitrogens with zero attached hydrogens (tertiary/aromatic N) is 3. The number of sulfonamides is 3. The van der Waals surface area contributed by atoms with Crippen LogP contribution in [0.5, 0.6) is 5.75 Å². The second-order valence-electron chi connectivity index (χ2n) is 12.0. The monoisotopic (exact) mass is 818 g/mol. The molecular formula is C35H35ClN4O11S3. The maximum absolute atomic E-state index is 14.5. The van der Waals surface area contributed by atoms with Gasteiger partial charge < -0.3 is 19.5 Å². The summed E-state index contributed by atoms with van der Waals surface area (Å²) in [6, 6.07) is 19.4. The molecule has 0 unspecified atom stereocenters. The minimum Gasteiger partial charge on any atom is -0.497 e. The summed E-state index contributed by atoms with van der Waals surface area (Å²) in [4.78, 5) is 26.9. The molecule has 54 heavy (non-hydrogen) atoms. The molecule has 2 heterocycles. The molecule has 2 amide bonds. The molecule has 4 aromatic carbocycles. The molecule has 0 saturated carbocycles. The fourth-order valence-electron chi connectivity index (χ4n) is 5.72. The van der Waals surface area contributed by atoms with Crippen LogP contribution in [0.15, 0.2) is 106 Å². The highest BCUT2D eigenvalue weighted by Gasteiger charge is 2.34. The molecule has 0 aliphatic carbocycles. The van der Waals surface area contributed by atoms with Crippen molar-refractivity contribution in [1.82, 2.24) is 8.61 Å². The number of benzene rings is 4. The summed E-state index contributed by atoms with van der Waals surface area (Å²) in [7, 11) is -11.4. The van der Waals surface area contributed by atoms with Crippen molar-refractivity contribution < 1.29 is 49.1 Å². The first-order valence-electron chi connectivity index (χ1n) is 16.4. The van der Waals surface area contributed by atoms with Crippen molar-refractivity contribution in [2.75, 3.05) is 69.3 Å². The fourth-order valence-corrected chi connectivity index (χ4v) is 10.2. The molecule has 4 aromatic rings. The number of carbonyl (C=O) groups excluding carboxylic acids is 2. The van der Waals surface area contributed by atoms with Crippen molar-refractivity contribution >= 4 is 64.9 Å². The zero-order valence-electron chi connectivity index (χ0n) is 28.8. The van der Waals surface area contributed by atoms with Crippen LogP contribution in [-0.2, 0) is 39.5 Å². The van der Waals surface area contributed by atoms with Crippen LogP contribution < -0.4 is 14.4 Å². The molecule has 0 atom stereocenters. The lowest BCUT2D eigenvalue weighted by atomic mass is 10.2. The number of nitrogens with one attached hydrogen (secondary N) is 1. The van der Waals surface area contributed by atoms with Gasteiger partial charge in [-0.05, 0) is 78.9 Å². The lowest BCUT2D eigenvalue weighted by molar-refractivity contribution is 0.0730. The largest absolute Gasteiger partial charge is 0.497 e. The Bertz CT molecular complexity index is 2380. The summed E-state index contributed by atoms with van der Waals surface area (Å²) in [6.07, 6.45) is 0. The predicted octanol–water partition coefficient (Wildman–Crippen LogP) is 3.68. The molecule has 286 valence electrons. The van der Waals surface area contributed by atoms with Gasteiger partial charge in [-0.15, -0.1) is 0 Å². The van der Waals surface area contributed by atoms with Gasteiger partial charge in [0.2, 0.25) is 20.0 Å². The van der Waals surface area contributed by atoms with Crippen LogP contribution in [0, 0.1) is 0 Å². The fraction of sp³-hybridized carbons (Fsp3) is 0.257. The van der Waals surface area contributed by atoms with Crippen LogP contribution in [0.1, 0.15) is 20.7 Å². The Morgan fingerprint density at radius 2 is 1.20 bits per heavy atom. The Hall–Kier alpha value is -4.40. The molecule has 6 rings (SSSR count). The first-order valence-corrected chi connectivity index (χ1v) is 21.1. The van der Waals surface area contributed by atoms with E-state index < -0.39 is 46.8 Å². The van der Waals surface area contributed by atoms with E-state index in [0.29, 0.717) is 10.1 Å². The molecule has 0 bridgehead atoms. The number of hydrogen-bond acceptors (Lipinski definition) is 11. The quantitative estimate of drug-likeness (QED) is 0.233. The van der Waals surface area contributed by atoms with E-state index in [1.165, 1.54) is 88.5 Å². The number of halogens is 1. The van der Waals surface area contributed by atoms with Crippen molar-refractivity contribution in [2.24, 2.45) is 0 Å². The summed E-state index contributed by atoms with van der Waals surface area (Å²) in [5.74, 6) is -1.48. The average molecular weight is 819 g/mol. The average Bonchev–Trinajstić information content (AvgIpc) is 3.19. The van der Waals surface area contributed by atoms with E-state index in [9.17, 15) is 34.8 Å². The van der Waals surface area contributed by atoms with Gasteiger partial charge in [0.25, 0.3) is 21.8 Å². The molecule has 2 fully saturated rings. The molecule has 2 saturated heterocycles. The molecule has 0 spiro atoms. The van der Waals surface area contributed by atoms with E-state index in [4.69, 9.17) is 25.8 Å². The van der Waals surface area contributed by atoms with Gasteiger partial charge in [0.05, 0.1) is 64.6 Å². The normalized spacial score (nSPS) is 16.0. The van der Waals surface area contributed by atoms with Crippen molar-refractivity contribution in [3.8, 4) is 5.75 Å². The van der Waals surface area contributed by atoms with Crippen molar-refractivity contribution in [2.45, 2.75) is 14.7 Å². The first-order chi connectivity index (χ1) is 25.7. The molecule has 19 heteroatoms. The Kier molecular flexibility index (Phi) is 11.7. The van der Waals surface area contributed by atoms with E-state index in [2.05, 4.69) is 5.32 Å². The lowest BCUT2D eigenvalue weighted by Gasteiger charge is -2.26. The highest BCUT2D eigenvalue weighted by Crippen LogP contribution is 2.32. The number of hydrogen-bond donors (Lipinski definition) is 1. The highest BCUT2D eigenvalue weighted by molar-refractivity contribution is 7.93. The van der Waals surface area contributed by atoms with E-state index >= 15 is 0 Å². The number of amides is 2. The molecule has 0 aromatic heterocycles. The Morgan fingerprint density at radius 3 is 1.74 bits per heavy atom. The van der Waals surface area contributed by atoms with Crippen molar-refractivity contribution in [1.29, 1.82) is 0 Å². The zero-order chi connectivity index (χ0) is 38.7. The molecular weight excluding hydrogens is 784 g/mol. The molecule has 1 N–H and O–H groups in total. The number of rotatable bonds is 11. The minimum atomic E-state index is -4.81. The third-order valence-electron chi connectivity index (χ3n) is 8.61. The zero-order valence-corrected chi connectivity index (χ0v) is 32.0. The van der Waals surface area contributed by atoms with Crippen molar-refractivity contribution in [3.63, 3.8) is 0 Å². The highest BCUT2D eigenvalue weighted by atomic mass is 35.5. The van der Waals surface area contributed by atoms with Gasteiger partial charge in [-0.2, -0.15) is 12.9 Å². The molecule has 0 radical (unpaired) electrons. The summed E-state index contributed by atoms with van der Waals surface area (Å²) in [5, 5.41) is 2.49. The Morgan fingerprint density at radius 1 is 0.685 bits per heavy atom. The number of ether oxygens (including phenoxy) is 3. The van der Waals surface area contributed by atoms with E-state index in [-0.39, 0.29) is 89.9 Å². The third-order valence-corrected chi connectivity index (χ3v) is 14.4. The molecule has 2 aliphatic heterocycles. The van der Waals surface area contributed by atoms with Gasteiger partial charge in [0.1, 0.15) is 5.75 Å². The Labute approximate surface area is 318 Å². The van der Waals surface area contributed by atoms with Gasteiger partial charge >= 0.3 is 0 Å². The van der Waals surface area contributed by atoms with Gasteiger partial charge in [-0.25, -0.2) is 25.3 Å². The smallest absolute Gasteiger partial charge is 0.272 e. The van der Waals surface area contributed by atoms with Crippen LogP contribution in [0.4, 0.5) is 11.4 Å². The second-order valence-corrected chi connectivity index (χ2v) is 18.0. The van der Waals surface area contributed by atoms with Gasteiger partial charge in [-0.3, -0.25) is 9.59 Å². The number of morpholine rings is 2. The topological polar surface area (TPSA) is 186 Å².